The molecule has 1 fully saturated rings. The highest BCUT2D eigenvalue weighted by Gasteiger charge is 2.31. The predicted octanol–water partition coefficient (Wildman–Crippen LogP) is 1.92. The van der Waals surface area contributed by atoms with Gasteiger partial charge in [-0.1, -0.05) is 18.1 Å². The zero-order valence-electron chi connectivity index (χ0n) is 11.4. The molecule has 20 heavy (non-hydrogen) atoms. The average Bonchev–Trinajstić information content (AvgIpc) is 3.22. The lowest BCUT2D eigenvalue weighted by atomic mass is 10.2. The summed E-state index contributed by atoms with van der Waals surface area (Å²) in [5.74, 6) is 2.73. The minimum atomic E-state index is -3.58. The van der Waals surface area contributed by atoms with Gasteiger partial charge in [0, 0.05) is 12.1 Å². The Kier molecular flexibility index (Phi) is 4.26. The van der Waals surface area contributed by atoms with Crippen molar-refractivity contribution in [1.29, 1.82) is 0 Å². The van der Waals surface area contributed by atoms with Crippen LogP contribution in [0.1, 0.15) is 30.1 Å². The topological polar surface area (TPSA) is 54.5 Å². The number of hydrogen-bond donors (Lipinski definition) is 0. The monoisotopic (exact) mass is 291 g/mol. The van der Waals surface area contributed by atoms with Gasteiger partial charge in [0.15, 0.2) is 5.78 Å². The molecule has 106 valence electrons. The fraction of sp³-hybridized carbons (Fsp3) is 0.400. The van der Waals surface area contributed by atoms with Gasteiger partial charge in [0.25, 0.3) is 0 Å². The van der Waals surface area contributed by atoms with Crippen molar-refractivity contribution < 1.29 is 13.2 Å². The first-order valence-corrected chi connectivity index (χ1v) is 7.94. The Bertz CT molecular complexity index is 637. The van der Waals surface area contributed by atoms with E-state index in [1.54, 1.807) is 0 Å². The van der Waals surface area contributed by atoms with Gasteiger partial charge in [0.1, 0.15) is 0 Å². The molecule has 0 aromatic heterocycles. The van der Waals surface area contributed by atoms with Crippen LogP contribution in [0.2, 0.25) is 0 Å². The molecular formula is C15H17NO3S. The molecule has 0 unspecified atom stereocenters. The average molecular weight is 291 g/mol. The van der Waals surface area contributed by atoms with E-state index in [1.807, 2.05) is 0 Å². The van der Waals surface area contributed by atoms with Crippen LogP contribution in [0.5, 0.6) is 0 Å². The number of rotatable bonds is 6. The van der Waals surface area contributed by atoms with E-state index >= 15 is 0 Å². The second-order valence-corrected chi connectivity index (χ2v) is 6.96. The summed E-state index contributed by atoms with van der Waals surface area (Å²) >= 11 is 0. The number of terminal acetylenes is 1. The number of nitrogens with zero attached hydrogens (tertiary/aromatic N) is 1. The molecule has 0 saturated heterocycles. The van der Waals surface area contributed by atoms with E-state index in [4.69, 9.17) is 6.42 Å². The van der Waals surface area contributed by atoms with Gasteiger partial charge in [0.05, 0.1) is 11.4 Å². The fourth-order valence-electron chi connectivity index (χ4n) is 1.95. The number of hydrogen-bond acceptors (Lipinski definition) is 3. The molecule has 0 radical (unpaired) electrons. The molecular weight excluding hydrogens is 274 g/mol. The molecule has 1 saturated carbocycles. The molecule has 0 bridgehead atoms. The number of sulfonamides is 1. The van der Waals surface area contributed by atoms with Gasteiger partial charge < -0.3 is 0 Å². The largest absolute Gasteiger partial charge is 0.295 e. The lowest BCUT2D eigenvalue weighted by Gasteiger charge is -2.19. The maximum Gasteiger partial charge on any atom is 0.243 e. The van der Waals surface area contributed by atoms with Gasteiger partial charge in [-0.2, -0.15) is 4.31 Å². The van der Waals surface area contributed by atoms with E-state index < -0.39 is 10.0 Å². The lowest BCUT2D eigenvalue weighted by Crippen LogP contribution is -2.33. The number of benzene rings is 1. The van der Waals surface area contributed by atoms with E-state index in [2.05, 4.69) is 5.92 Å². The van der Waals surface area contributed by atoms with Crippen LogP contribution in [0.3, 0.4) is 0 Å². The molecule has 0 N–H and O–H groups in total. The zero-order valence-corrected chi connectivity index (χ0v) is 12.2. The van der Waals surface area contributed by atoms with Gasteiger partial charge >= 0.3 is 0 Å². The molecule has 0 heterocycles. The van der Waals surface area contributed by atoms with Gasteiger partial charge in [-0.05, 0) is 37.8 Å². The fourth-order valence-corrected chi connectivity index (χ4v) is 3.38. The van der Waals surface area contributed by atoms with Crippen molar-refractivity contribution in [3.05, 3.63) is 29.8 Å². The van der Waals surface area contributed by atoms with Crippen molar-refractivity contribution in [1.82, 2.24) is 4.31 Å². The smallest absolute Gasteiger partial charge is 0.243 e. The third-order valence-electron chi connectivity index (χ3n) is 3.33. The summed E-state index contributed by atoms with van der Waals surface area (Å²) in [7, 11) is -3.58. The van der Waals surface area contributed by atoms with Crippen molar-refractivity contribution in [2.45, 2.75) is 24.7 Å². The highest BCUT2D eigenvalue weighted by atomic mass is 32.2. The van der Waals surface area contributed by atoms with Crippen molar-refractivity contribution in [3.8, 4) is 12.3 Å². The molecule has 1 aliphatic rings. The van der Waals surface area contributed by atoms with E-state index in [1.165, 1.54) is 35.5 Å². The van der Waals surface area contributed by atoms with Gasteiger partial charge in [0.2, 0.25) is 10.0 Å². The van der Waals surface area contributed by atoms with Gasteiger partial charge in [-0.25, -0.2) is 8.42 Å². The van der Waals surface area contributed by atoms with Crippen LogP contribution in [0.4, 0.5) is 0 Å². The first-order valence-electron chi connectivity index (χ1n) is 6.49. The van der Waals surface area contributed by atoms with E-state index in [0.717, 1.165) is 12.8 Å². The number of carbonyl (C=O) groups is 1. The second kappa shape index (κ2) is 5.78. The van der Waals surface area contributed by atoms with Gasteiger partial charge in [-0.3, -0.25) is 4.79 Å². The van der Waals surface area contributed by atoms with Crippen LogP contribution >= 0.6 is 0 Å². The molecule has 4 nitrogen and oxygen atoms in total. The minimum absolute atomic E-state index is 0.0767. The number of Topliss-reactive ketones (excluding diaryl/α,β-unsaturated/α-hetero) is 1. The van der Waals surface area contributed by atoms with Crippen molar-refractivity contribution in [2.75, 3.05) is 13.1 Å². The Balaban J connectivity index is 2.26. The van der Waals surface area contributed by atoms with Crippen LogP contribution in [-0.2, 0) is 10.0 Å². The molecule has 1 aromatic rings. The Morgan fingerprint density at radius 2 is 1.95 bits per heavy atom. The van der Waals surface area contributed by atoms with E-state index in [-0.39, 0.29) is 17.2 Å². The molecule has 0 atom stereocenters. The third-order valence-corrected chi connectivity index (χ3v) is 5.15. The van der Waals surface area contributed by atoms with Crippen LogP contribution in [0, 0.1) is 18.3 Å². The van der Waals surface area contributed by atoms with E-state index in [0.29, 0.717) is 18.0 Å². The highest BCUT2D eigenvalue weighted by Crippen LogP contribution is 2.31. The summed E-state index contributed by atoms with van der Waals surface area (Å²) < 4.78 is 26.4. The first-order chi connectivity index (χ1) is 9.45. The Morgan fingerprint density at radius 1 is 1.35 bits per heavy atom. The van der Waals surface area contributed by atoms with Crippen LogP contribution in [0.25, 0.3) is 0 Å². The summed E-state index contributed by atoms with van der Waals surface area (Å²) in [5, 5.41) is 0. The summed E-state index contributed by atoms with van der Waals surface area (Å²) in [6, 6.07) is 5.98. The third kappa shape index (κ3) is 3.27. The second-order valence-electron chi connectivity index (χ2n) is 5.03. The van der Waals surface area contributed by atoms with Crippen molar-refractivity contribution in [3.63, 3.8) is 0 Å². The zero-order chi connectivity index (χ0) is 14.8. The maximum absolute atomic E-state index is 12.5. The molecule has 1 aliphatic carbocycles. The van der Waals surface area contributed by atoms with Crippen molar-refractivity contribution >= 4 is 15.8 Å². The molecule has 2 rings (SSSR count). The molecule has 0 amide bonds. The van der Waals surface area contributed by atoms with Gasteiger partial charge in [-0.15, -0.1) is 6.42 Å². The standard InChI is InChI=1S/C15H17NO3S/c1-3-10-16(11-13-4-5-13)20(18,19)15-8-6-14(7-9-15)12(2)17/h1,6-9,13H,4-5,10-11H2,2H3. The molecule has 1 aromatic carbocycles. The highest BCUT2D eigenvalue weighted by molar-refractivity contribution is 7.89. The lowest BCUT2D eigenvalue weighted by molar-refractivity contribution is 0.101. The number of ketones is 1. The Hall–Kier alpha value is -1.64. The Morgan fingerprint density at radius 3 is 2.40 bits per heavy atom. The quantitative estimate of drug-likeness (QED) is 0.594. The molecule has 0 aliphatic heterocycles. The summed E-state index contributed by atoms with van der Waals surface area (Å²) in [6.07, 6.45) is 7.37. The first kappa shape index (κ1) is 14.8. The Labute approximate surface area is 119 Å². The molecule has 5 heteroatoms. The summed E-state index contributed by atoms with van der Waals surface area (Å²) in [6.45, 7) is 2.00. The van der Waals surface area contributed by atoms with Crippen LogP contribution in [-0.4, -0.2) is 31.6 Å². The van der Waals surface area contributed by atoms with E-state index in [9.17, 15) is 13.2 Å². The van der Waals surface area contributed by atoms with Crippen molar-refractivity contribution in [2.24, 2.45) is 5.92 Å². The minimum Gasteiger partial charge on any atom is -0.295 e. The summed E-state index contributed by atoms with van der Waals surface area (Å²) in [5.41, 5.74) is 0.495. The normalized spacial score (nSPS) is 15.1. The molecule has 0 spiro atoms. The van der Waals surface area contributed by atoms with Crippen LogP contribution in [0.15, 0.2) is 29.2 Å². The summed E-state index contributed by atoms with van der Waals surface area (Å²) in [4.78, 5) is 11.4. The van der Waals surface area contributed by atoms with Crippen LogP contribution < -0.4 is 0 Å². The SMILES string of the molecule is C#CCN(CC1CC1)S(=O)(=O)c1ccc(C(C)=O)cc1. The predicted molar refractivity (Wildman–Crippen MR) is 76.8 cm³/mol. The number of carbonyl (C=O) groups excluding carboxylic acids is 1. The maximum atomic E-state index is 12.5.